The molecule has 0 aliphatic rings. The molecule has 0 fully saturated rings. The third-order valence-corrected chi connectivity index (χ3v) is 7.96. The van der Waals surface area contributed by atoms with Gasteiger partial charge in [0, 0.05) is 0 Å². The van der Waals surface area contributed by atoms with E-state index in [0.717, 1.165) is 24.7 Å². The lowest BCUT2D eigenvalue weighted by Crippen LogP contribution is -2.34. The normalized spacial score (nSPS) is 10.9. The molecule has 4 heteroatoms. The molecule has 0 atom stereocenters. The van der Waals surface area contributed by atoms with Crippen molar-refractivity contribution in [2.45, 2.75) is 13.1 Å². The van der Waals surface area contributed by atoms with Gasteiger partial charge in [-0.15, -0.1) is 0 Å². The Morgan fingerprint density at radius 1 is 0.386 bits per heavy atom. The highest BCUT2D eigenvalue weighted by Gasteiger charge is 2.15. The lowest BCUT2D eigenvalue weighted by atomic mass is 10.1. The molecule has 0 saturated heterocycles. The molecule has 0 spiro atoms. The van der Waals surface area contributed by atoms with Crippen LogP contribution in [-0.4, -0.2) is 9.97 Å². The van der Waals surface area contributed by atoms with E-state index in [9.17, 15) is 0 Å². The number of nitrogens with one attached hydrogen (secondary N) is 2. The minimum absolute atomic E-state index is 0.868. The summed E-state index contributed by atoms with van der Waals surface area (Å²) in [4.78, 5) is 6.74. The summed E-state index contributed by atoms with van der Waals surface area (Å²) in [7, 11) is 0. The molecule has 0 saturated carbocycles. The lowest BCUT2D eigenvalue weighted by molar-refractivity contribution is -0.676. The molecule has 0 unspecified atom stereocenters. The topological polar surface area (TPSA) is 39.3 Å². The number of hydrogen-bond donors (Lipinski definition) is 2. The van der Waals surface area contributed by atoms with E-state index in [1.165, 1.54) is 43.8 Å². The summed E-state index contributed by atoms with van der Waals surface area (Å²) in [5, 5.41) is 5.07. The Morgan fingerprint density at radius 3 is 1.20 bits per heavy atom. The largest absolute Gasteiger partial charge is 0.286 e. The Kier molecular flexibility index (Phi) is 7.79. The highest BCUT2D eigenvalue weighted by atomic mass is 15.1. The number of imidazole rings is 2. The van der Waals surface area contributed by atoms with Gasteiger partial charge in [-0.3, -0.25) is 0 Å². The number of benzene rings is 6. The molecule has 212 valence electrons. The molecular weight excluding hydrogens is 536 g/mol. The highest BCUT2D eigenvalue weighted by molar-refractivity contribution is 5.86. The quantitative estimate of drug-likeness (QED) is 0.189. The molecule has 0 aliphatic carbocycles. The van der Waals surface area contributed by atoms with E-state index >= 15 is 0 Å². The molecule has 6 aromatic carbocycles. The standard InChI is InChI=1S/2C20H16N2/c2*1-2-6-16(7-3-1)15-22-13-12-21-20(22)19-11-10-17-8-4-5-9-18(17)14-19/h2*1-14H,15H2/p+2. The van der Waals surface area contributed by atoms with Crippen LogP contribution in [0.2, 0.25) is 0 Å². The van der Waals surface area contributed by atoms with Crippen LogP contribution in [0.15, 0.2) is 170 Å². The van der Waals surface area contributed by atoms with E-state index in [0.29, 0.717) is 0 Å². The van der Waals surface area contributed by atoms with Gasteiger partial charge in [0.25, 0.3) is 11.6 Å². The zero-order valence-electron chi connectivity index (χ0n) is 24.5. The fourth-order valence-electron chi connectivity index (χ4n) is 5.72. The van der Waals surface area contributed by atoms with Crippen LogP contribution in [0.1, 0.15) is 11.1 Å². The zero-order valence-corrected chi connectivity index (χ0v) is 24.5. The molecule has 2 heterocycles. The summed E-state index contributed by atoms with van der Waals surface area (Å²) in [6, 6.07) is 51.2. The van der Waals surface area contributed by atoms with Gasteiger partial charge in [-0.1, -0.05) is 121 Å². The zero-order chi connectivity index (χ0) is 29.6. The van der Waals surface area contributed by atoms with Gasteiger partial charge in [-0.25, -0.2) is 19.1 Å². The first-order valence-electron chi connectivity index (χ1n) is 15.0. The average Bonchev–Trinajstić information content (AvgIpc) is 3.75. The van der Waals surface area contributed by atoms with Crippen LogP contribution in [-0.2, 0) is 13.1 Å². The monoisotopic (exact) mass is 570 g/mol. The van der Waals surface area contributed by atoms with Crippen LogP contribution < -0.4 is 9.13 Å². The molecule has 0 radical (unpaired) electrons. The summed E-state index contributed by atoms with van der Waals surface area (Å²) in [6.07, 6.45) is 8.18. The summed E-state index contributed by atoms with van der Waals surface area (Å²) in [5.41, 5.74) is 5.02. The number of H-pyrrole nitrogens is 2. The van der Waals surface area contributed by atoms with Crippen molar-refractivity contribution < 1.29 is 9.13 Å². The van der Waals surface area contributed by atoms with Crippen LogP contribution >= 0.6 is 0 Å². The van der Waals surface area contributed by atoms with Crippen LogP contribution in [0, 0.1) is 0 Å². The van der Waals surface area contributed by atoms with Gasteiger partial charge in [0.2, 0.25) is 0 Å². The Hall–Kier alpha value is -5.74. The number of fused-ring (bicyclic) bond motifs is 2. The number of nitrogens with zero attached hydrogens (tertiary/aromatic N) is 2. The molecule has 4 nitrogen and oxygen atoms in total. The van der Waals surface area contributed by atoms with Gasteiger partial charge in [0.1, 0.15) is 37.9 Å². The molecule has 2 aromatic heterocycles. The highest BCUT2D eigenvalue weighted by Crippen LogP contribution is 2.22. The summed E-state index contributed by atoms with van der Waals surface area (Å²) >= 11 is 0. The van der Waals surface area contributed by atoms with Crippen LogP contribution in [0.5, 0.6) is 0 Å². The van der Waals surface area contributed by atoms with E-state index in [4.69, 9.17) is 0 Å². The predicted molar refractivity (Wildman–Crippen MR) is 179 cm³/mol. The summed E-state index contributed by atoms with van der Waals surface area (Å²) < 4.78 is 4.50. The van der Waals surface area contributed by atoms with Crippen molar-refractivity contribution in [3.8, 4) is 22.8 Å². The Bertz CT molecular complexity index is 1970. The van der Waals surface area contributed by atoms with Gasteiger partial charge < -0.3 is 0 Å². The molecular formula is C40H34N4+2. The van der Waals surface area contributed by atoms with Gasteiger partial charge in [0.05, 0.1) is 11.1 Å². The van der Waals surface area contributed by atoms with Gasteiger partial charge in [-0.2, -0.15) is 0 Å². The number of aromatic amines is 2. The second-order valence-electron chi connectivity index (χ2n) is 11.0. The van der Waals surface area contributed by atoms with Crippen molar-refractivity contribution in [3.63, 3.8) is 0 Å². The van der Waals surface area contributed by atoms with Crippen molar-refractivity contribution >= 4 is 21.5 Å². The van der Waals surface area contributed by atoms with Gasteiger partial charge >= 0.3 is 0 Å². The van der Waals surface area contributed by atoms with E-state index < -0.39 is 0 Å². The second kappa shape index (κ2) is 12.6. The second-order valence-corrected chi connectivity index (χ2v) is 11.0. The van der Waals surface area contributed by atoms with Crippen molar-refractivity contribution in [1.29, 1.82) is 0 Å². The molecule has 8 aromatic rings. The van der Waals surface area contributed by atoms with Gasteiger partial charge in [0.15, 0.2) is 0 Å². The Morgan fingerprint density at radius 2 is 0.773 bits per heavy atom. The minimum atomic E-state index is 0.868. The number of rotatable bonds is 6. The summed E-state index contributed by atoms with van der Waals surface area (Å²) in [6.45, 7) is 1.74. The van der Waals surface area contributed by atoms with Crippen molar-refractivity contribution in [3.05, 3.63) is 182 Å². The molecule has 0 bridgehead atoms. The maximum atomic E-state index is 3.37. The molecule has 44 heavy (non-hydrogen) atoms. The van der Waals surface area contributed by atoms with E-state index in [1.54, 1.807) is 0 Å². The molecule has 2 N–H and O–H groups in total. The Balaban J connectivity index is 0.000000142. The first kappa shape index (κ1) is 27.1. The van der Waals surface area contributed by atoms with E-state index in [1.807, 2.05) is 12.4 Å². The fraction of sp³-hybridized carbons (Fsp3) is 0.0500. The number of aromatic nitrogens is 4. The third-order valence-electron chi connectivity index (χ3n) is 7.96. The SMILES string of the molecule is c1ccc(C[n+]2cc[nH]c2-c2ccc3ccccc3c2)cc1.c1ccc(C[n+]2cc[nH]c2-c2ccc3ccccc3c2)cc1. The lowest BCUT2D eigenvalue weighted by Gasteiger charge is -2.03. The van der Waals surface area contributed by atoms with E-state index in [-0.39, 0.29) is 0 Å². The Labute approximate surface area is 257 Å². The van der Waals surface area contributed by atoms with Crippen molar-refractivity contribution in [1.82, 2.24) is 9.97 Å². The van der Waals surface area contributed by atoms with Crippen LogP contribution in [0.4, 0.5) is 0 Å². The fourth-order valence-corrected chi connectivity index (χ4v) is 5.72. The maximum absolute atomic E-state index is 3.37. The summed E-state index contributed by atoms with van der Waals surface area (Å²) in [5.74, 6) is 2.27. The number of hydrogen-bond acceptors (Lipinski definition) is 0. The molecule has 0 aliphatic heterocycles. The average molecular weight is 571 g/mol. The predicted octanol–water partition coefficient (Wildman–Crippen LogP) is 8.34. The first-order chi connectivity index (χ1) is 21.8. The minimum Gasteiger partial charge on any atom is -0.243 e. The van der Waals surface area contributed by atoms with Crippen LogP contribution in [0.3, 0.4) is 0 Å². The molecule has 8 rings (SSSR count). The van der Waals surface area contributed by atoms with Gasteiger partial charge in [-0.05, 0) is 56.9 Å². The molecule has 0 amide bonds. The van der Waals surface area contributed by atoms with Crippen LogP contribution in [0.25, 0.3) is 44.3 Å². The maximum Gasteiger partial charge on any atom is 0.286 e. The van der Waals surface area contributed by atoms with Crippen molar-refractivity contribution in [2.75, 3.05) is 0 Å². The third kappa shape index (κ3) is 6.06. The first-order valence-corrected chi connectivity index (χ1v) is 15.0. The van der Waals surface area contributed by atoms with Crippen molar-refractivity contribution in [2.24, 2.45) is 0 Å². The smallest absolute Gasteiger partial charge is 0.243 e. The van der Waals surface area contributed by atoms with E-state index in [2.05, 4.69) is 177 Å².